The van der Waals surface area contributed by atoms with Crippen molar-refractivity contribution in [3.05, 3.63) is 60.8 Å². The van der Waals surface area contributed by atoms with Crippen LogP contribution in [0.2, 0.25) is 0 Å². The zero-order valence-corrected chi connectivity index (χ0v) is 49.3. The van der Waals surface area contributed by atoms with Gasteiger partial charge < -0.3 is 20.3 Å². The maximum atomic E-state index is 12.4. The predicted octanol–water partition coefficient (Wildman–Crippen LogP) is 20.7. The van der Waals surface area contributed by atoms with Crippen molar-refractivity contribution in [2.75, 3.05) is 13.2 Å². The Morgan fingerprint density at radius 2 is 0.676 bits per heavy atom. The highest BCUT2D eigenvalue weighted by molar-refractivity contribution is 5.76. The van der Waals surface area contributed by atoms with Gasteiger partial charge >= 0.3 is 5.97 Å². The first-order chi connectivity index (χ1) is 36.5. The van der Waals surface area contributed by atoms with Crippen LogP contribution in [0.5, 0.6) is 0 Å². The van der Waals surface area contributed by atoms with E-state index < -0.39 is 12.1 Å². The highest BCUT2D eigenvalue weighted by atomic mass is 16.5. The van der Waals surface area contributed by atoms with E-state index in [1.165, 1.54) is 250 Å². The highest BCUT2D eigenvalue weighted by Crippen LogP contribution is 2.16. The molecule has 0 spiro atoms. The van der Waals surface area contributed by atoms with Gasteiger partial charge in [-0.25, -0.2) is 0 Å². The van der Waals surface area contributed by atoms with Crippen molar-refractivity contribution in [3.63, 3.8) is 0 Å². The number of hydrogen-bond donors (Lipinski definition) is 3. The maximum Gasteiger partial charge on any atom is 0.305 e. The van der Waals surface area contributed by atoms with Crippen molar-refractivity contribution in [1.29, 1.82) is 0 Å². The summed E-state index contributed by atoms with van der Waals surface area (Å²) in [6, 6.07) is -0.629. The minimum absolute atomic E-state index is 0.00232. The predicted molar refractivity (Wildman–Crippen MR) is 324 cm³/mol. The van der Waals surface area contributed by atoms with E-state index in [9.17, 15) is 19.8 Å². The van der Waals surface area contributed by atoms with Gasteiger partial charge in [0.25, 0.3) is 0 Å². The summed E-state index contributed by atoms with van der Waals surface area (Å²) in [7, 11) is 0. The number of aliphatic hydroxyl groups excluding tert-OH is 2. The van der Waals surface area contributed by atoms with E-state index in [0.29, 0.717) is 19.4 Å². The second kappa shape index (κ2) is 63.1. The lowest BCUT2D eigenvalue weighted by atomic mass is 10.0. The number of amides is 1. The number of unbranched alkanes of at least 4 members (excludes halogenated alkanes) is 41. The lowest BCUT2D eigenvalue weighted by Crippen LogP contribution is -2.45. The first-order valence-corrected chi connectivity index (χ1v) is 32.6. The molecule has 0 aromatic rings. The first-order valence-electron chi connectivity index (χ1n) is 32.6. The SMILES string of the molecule is CCCCCC/C=C\C/C=C\CCCCCCCC(=O)OCCCCCCCCCCC/C=C\C/C=C\CCCCCCCCCCCCCCCC(=O)NC(CO)C(O)/C=C/CCCCCCCCCCCC. The summed E-state index contributed by atoms with van der Waals surface area (Å²) in [6.07, 6.45) is 82.8. The third-order valence-corrected chi connectivity index (χ3v) is 14.8. The van der Waals surface area contributed by atoms with E-state index in [-0.39, 0.29) is 18.5 Å². The van der Waals surface area contributed by atoms with Crippen LogP contribution in [0, 0.1) is 0 Å². The Morgan fingerprint density at radius 1 is 0.378 bits per heavy atom. The van der Waals surface area contributed by atoms with Crippen LogP contribution in [0.25, 0.3) is 0 Å². The largest absolute Gasteiger partial charge is 0.466 e. The fourth-order valence-electron chi connectivity index (χ4n) is 9.75. The third-order valence-electron chi connectivity index (χ3n) is 14.8. The molecule has 0 aromatic carbocycles. The van der Waals surface area contributed by atoms with Gasteiger partial charge in [-0.15, -0.1) is 0 Å². The van der Waals surface area contributed by atoms with Gasteiger partial charge in [0.1, 0.15) is 0 Å². The molecular weight excluding hydrogens is 911 g/mol. The molecule has 2 unspecified atom stereocenters. The molecule has 0 saturated heterocycles. The van der Waals surface area contributed by atoms with Gasteiger partial charge in [0.05, 0.1) is 25.4 Å². The Balaban J connectivity index is 3.42. The molecule has 0 saturated carbocycles. The number of allylic oxidation sites excluding steroid dienone is 9. The van der Waals surface area contributed by atoms with Crippen molar-refractivity contribution in [2.24, 2.45) is 0 Å². The van der Waals surface area contributed by atoms with Gasteiger partial charge in [-0.2, -0.15) is 0 Å². The Labute approximate surface area is 460 Å². The molecule has 0 rings (SSSR count). The zero-order valence-electron chi connectivity index (χ0n) is 49.3. The molecule has 2 atom stereocenters. The third kappa shape index (κ3) is 58.8. The van der Waals surface area contributed by atoms with Gasteiger partial charge in [-0.3, -0.25) is 9.59 Å². The van der Waals surface area contributed by atoms with Crippen molar-refractivity contribution >= 4 is 11.9 Å². The topological polar surface area (TPSA) is 95.9 Å². The summed E-state index contributed by atoms with van der Waals surface area (Å²) in [5.41, 5.74) is 0. The van der Waals surface area contributed by atoms with E-state index in [1.807, 2.05) is 6.08 Å². The normalized spacial score (nSPS) is 13.0. The van der Waals surface area contributed by atoms with E-state index in [0.717, 1.165) is 57.8 Å². The smallest absolute Gasteiger partial charge is 0.305 e. The van der Waals surface area contributed by atoms with Crippen LogP contribution in [-0.2, 0) is 14.3 Å². The minimum Gasteiger partial charge on any atom is -0.466 e. The number of rotatable bonds is 60. The second-order valence-electron chi connectivity index (χ2n) is 22.1. The van der Waals surface area contributed by atoms with Crippen molar-refractivity contribution in [2.45, 2.75) is 347 Å². The summed E-state index contributed by atoms with van der Waals surface area (Å²) in [5.74, 6) is -0.0721. The van der Waals surface area contributed by atoms with Crippen molar-refractivity contribution < 1.29 is 24.5 Å². The Hall–Kier alpha value is -2.44. The average molecular weight is 1040 g/mol. The maximum absolute atomic E-state index is 12.4. The van der Waals surface area contributed by atoms with Gasteiger partial charge in [0.2, 0.25) is 5.91 Å². The number of ether oxygens (including phenoxy) is 1. The van der Waals surface area contributed by atoms with Crippen LogP contribution in [0.15, 0.2) is 60.8 Å². The van der Waals surface area contributed by atoms with Crippen molar-refractivity contribution in [3.8, 4) is 0 Å². The van der Waals surface area contributed by atoms with Gasteiger partial charge in [0.15, 0.2) is 0 Å². The first kappa shape index (κ1) is 71.6. The van der Waals surface area contributed by atoms with Gasteiger partial charge in [-0.1, -0.05) is 286 Å². The fourth-order valence-corrected chi connectivity index (χ4v) is 9.75. The van der Waals surface area contributed by atoms with Crippen LogP contribution >= 0.6 is 0 Å². The summed E-state index contributed by atoms with van der Waals surface area (Å²) >= 11 is 0. The molecule has 0 aliphatic carbocycles. The molecule has 0 fully saturated rings. The quantitative estimate of drug-likeness (QED) is 0.0320. The Kier molecular flexibility index (Phi) is 61.0. The number of carbonyl (C=O) groups excluding carboxylic acids is 2. The zero-order chi connectivity index (χ0) is 53.6. The summed E-state index contributed by atoms with van der Waals surface area (Å²) < 4.78 is 5.48. The van der Waals surface area contributed by atoms with Crippen molar-refractivity contribution in [1.82, 2.24) is 5.32 Å². The lowest BCUT2D eigenvalue weighted by Gasteiger charge is -2.20. The van der Waals surface area contributed by atoms with Crippen LogP contribution in [0.1, 0.15) is 335 Å². The molecule has 0 aliphatic heterocycles. The average Bonchev–Trinajstić information content (AvgIpc) is 3.40. The molecule has 6 nitrogen and oxygen atoms in total. The minimum atomic E-state index is -0.845. The molecule has 0 bridgehead atoms. The number of aliphatic hydroxyl groups is 2. The fraction of sp³-hybridized carbons (Fsp3) is 0.824. The summed E-state index contributed by atoms with van der Waals surface area (Å²) in [6.45, 7) is 4.87. The molecule has 1 amide bonds. The molecule has 3 N–H and O–H groups in total. The lowest BCUT2D eigenvalue weighted by molar-refractivity contribution is -0.143. The summed E-state index contributed by atoms with van der Waals surface area (Å²) in [5, 5.41) is 23.1. The Bertz CT molecular complexity index is 1290. The van der Waals surface area contributed by atoms with E-state index in [1.54, 1.807) is 6.08 Å². The number of carbonyl (C=O) groups is 2. The monoisotopic (exact) mass is 1040 g/mol. The van der Waals surface area contributed by atoms with Crippen LogP contribution < -0.4 is 5.32 Å². The highest BCUT2D eigenvalue weighted by Gasteiger charge is 2.18. The Morgan fingerprint density at radius 3 is 1.04 bits per heavy atom. The second-order valence-corrected chi connectivity index (χ2v) is 22.1. The number of hydrogen-bond acceptors (Lipinski definition) is 5. The van der Waals surface area contributed by atoms with Crippen LogP contribution in [-0.4, -0.2) is 47.4 Å². The molecular formula is C68H125NO5. The molecule has 74 heavy (non-hydrogen) atoms. The molecule has 0 heterocycles. The van der Waals surface area contributed by atoms with E-state index in [4.69, 9.17) is 4.74 Å². The number of nitrogens with one attached hydrogen (secondary N) is 1. The number of esters is 1. The molecule has 0 radical (unpaired) electrons. The van der Waals surface area contributed by atoms with Gasteiger partial charge in [-0.05, 0) is 96.3 Å². The van der Waals surface area contributed by atoms with E-state index in [2.05, 4.69) is 67.8 Å². The molecule has 0 aliphatic rings. The summed E-state index contributed by atoms with van der Waals surface area (Å²) in [4.78, 5) is 24.5. The molecule has 6 heteroatoms. The van der Waals surface area contributed by atoms with E-state index >= 15 is 0 Å². The van der Waals surface area contributed by atoms with Crippen LogP contribution in [0.3, 0.4) is 0 Å². The van der Waals surface area contributed by atoms with Crippen LogP contribution in [0.4, 0.5) is 0 Å². The molecule has 432 valence electrons. The van der Waals surface area contributed by atoms with Gasteiger partial charge in [0, 0.05) is 12.8 Å². The standard InChI is InChI=1S/C68H125NO5/c1-3-5-7-9-11-13-15-17-18-35-38-42-46-50-54-58-62-68(73)74-63-59-55-51-47-43-39-36-33-31-29-27-25-23-21-19-20-22-24-26-28-30-32-34-37-41-45-49-53-57-61-67(72)69-65(64-70)66(71)60-56-52-48-44-40-16-14-12-10-8-6-4-2/h13,15,18-19,21,25,27,35,56,60,65-66,70-71H,3-12,14,16-17,20,22-24,26,28-34,36-55,57-59,61-64H2,1-2H3,(H,69,72)/b15-13-,21-19-,27-25-,35-18-,60-56+. The molecule has 0 aromatic heterocycles.